The molecule has 1 saturated heterocycles. The quantitative estimate of drug-likeness (QED) is 0.129. The first-order valence-electron chi connectivity index (χ1n) is 15.6. The van der Waals surface area contributed by atoms with Crippen molar-refractivity contribution in [2.24, 2.45) is 0 Å². The number of nitrogens with zero attached hydrogens (tertiary/aromatic N) is 1. The van der Waals surface area contributed by atoms with Gasteiger partial charge in [-0.05, 0) is 78.7 Å². The van der Waals surface area contributed by atoms with Crippen LogP contribution in [0.4, 0.5) is 15.5 Å². The Morgan fingerprint density at radius 2 is 1.45 bits per heavy atom. The number of rotatable bonds is 16. The first kappa shape index (κ1) is 38.1. The summed E-state index contributed by atoms with van der Waals surface area (Å²) in [6, 6.07) is 0.322. The second-order valence-electron chi connectivity index (χ2n) is 14.2. The van der Waals surface area contributed by atoms with E-state index < -0.39 is 31.0 Å². The third kappa shape index (κ3) is 15.8. The molecule has 4 atom stereocenters. The number of carbonyl (C=O) groups excluding carboxylic acids is 2. The van der Waals surface area contributed by atoms with Crippen molar-refractivity contribution in [2.75, 3.05) is 31.6 Å². The lowest BCUT2D eigenvalue weighted by Crippen LogP contribution is -2.65. The number of aromatic amines is 1. The molecule has 1 fully saturated rings. The van der Waals surface area contributed by atoms with Crippen LogP contribution in [0.5, 0.6) is 0 Å². The second-order valence-corrected chi connectivity index (χ2v) is 27.7. The molecule has 0 bridgehead atoms. The average Bonchev–Trinajstić information content (AvgIpc) is 2.84. The molecular weight excluding hydrogens is 617 g/mol. The van der Waals surface area contributed by atoms with Crippen molar-refractivity contribution >= 4 is 43.0 Å². The maximum Gasteiger partial charge on any atom is 0.321 e. The highest BCUT2D eigenvalue weighted by Gasteiger charge is 2.46. The highest BCUT2D eigenvalue weighted by molar-refractivity contribution is 6.70. The third-order valence-corrected chi connectivity index (χ3v) is 9.32. The van der Waals surface area contributed by atoms with Gasteiger partial charge in [-0.15, -0.1) is 0 Å². The summed E-state index contributed by atoms with van der Waals surface area (Å²) in [5, 5.41) is 11.3. The molecule has 252 valence electrons. The summed E-state index contributed by atoms with van der Waals surface area (Å²) in [5.41, 5.74) is 0.202. The van der Waals surface area contributed by atoms with Crippen LogP contribution in [-0.2, 0) is 18.0 Å². The number of carbonyl (C=O) groups is 2. The highest BCUT2D eigenvalue weighted by atomic mass is 28.4. The smallest absolute Gasteiger partial charge is 0.321 e. The molecule has 4 amide bonds. The van der Waals surface area contributed by atoms with Crippen molar-refractivity contribution < 1.29 is 27.6 Å². The number of unbranched alkanes of at least 4 members (excludes halogenated alkanes) is 3. The number of H-pyrrole nitrogens is 1. The van der Waals surface area contributed by atoms with Crippen molar-refractivity contribution in [3.63, 3.8) is 0 Å². The van der Waals surface area contributed by atoms with Crippen LogP contribution >= 0.6 is 0 Å². The lowest BCUT2D eigenvalue weighted by Gasteiger charge is -2.47. The van der Waals surface area contributed by atoms with Crippen LogP contribution in [0.15, 0.2) is 10.9 Å². The Morgan fingerprint density at radius 3 is 2.00 bits per heavy atom. The number of ether oxygens (including phenoxy) is 1. The average molecular weight is 673 g/mol. The van der Waals surface area contributed by atoms with Gasteiger partial charge in [0.15, 0.2) is 25.0 Å². The zero-order valence-corrected chi connectivity index (χ0v) is 31.3. The molecule has 13 nitrogen and oxygen atoms in total. The van der Waals surface area contributed by atoms with Crippen LogP contribution < -0.4 is 26.8 Å². The number of amides is 4. The van der Waals surface area contributed by atoms with E-state index in [-0.39, 0.29) is 41.9 Å². The van der Waals surface area contributed by atoms with Gasteiger partial charge in [0, 0.05) is 24.8 Å². The Kier molecular flexibility index (Phi) is 14.7. The van der Waals surface area contributed by atoms with Crippen molar-refractivity contribution in [3.8, 4) is 0 Å². The Bertz CT molecular complexity index is 1120. The zero-order chi connectivity index (χ0) is 33.1. The summed E-state index contributed by atoms with van der Waals surface area (Å²) in [6.45, 7) is 22.8. The van der Waals surface area contributed by atoms with Gasteiger partial charge < -0.3 is 34.0 Å². The van der Waals surface area contributed by atoms with Gasteiger partial charge in [-0.3, -0.25) is 15.1 Å². The van der Waals surface area contributed by atoms with Crippen LogP contribution in [0.25, 0.3) is 0 Å². The highest BCUT2D eigenvalue weighted by Crippen LogP contribution is 2.28. The Balaban J connectivity index is 1.80. The van der Waals surface area contributed by atoms with E-state index in [1.807, 2.05) is 0 Å². The predicted molar refractivity (Wildman–Crippen MR) is 181 cm³/mol. The molecule has 16 heteroatoms. The molecule has 2 heterocycles. The van der Waals surface area contributed by atoms with Gasteiger partial charge in [0.1, 0.15) is 12.2 Å². The van der Waals surface area contributed by atoms with Crippen molar-refractivity contribution in [3.05, 3.63) is 22.1 Å². The SMILES string of the molecule is Cc1cc(=O)[nH]c(NC(=O)NCCCCCCNC(=O)N[C@H]2CO[C@H](CO[Si](C)(C)C)[C@@H](O[Si](C)(C)C)[C@@H]2O[Si](C)(C)C)n1. The van der Waals surface area contributed by atoms with E-state index in [4.69, 9.17) is 18.0 Å². The molecule has 0 aromatic carbocycles. The summed E-state index contributed by atoms with van der Waals surface area (Å²) >= 11 is 0. The van der Waals surface area contributed by atoms with E-state index in [2.05, 4.69) is 90.2 Å². The molecule has 1 aliphatic heterocycles. The molecule has 0 radical (unpaired) electrons. The largest absolute Gasteiger partial charge is 0.415 e. The maximum absolute atomic E-state index is 12.9. The Labute approximate surface area is 265 Å². The van der Waals surface area contributed by atoms with Crippen LogP contribution in [0.1, 0.15) is 31.4 Å². The minimum Gasteiger partial charge on any atom is -0.415 e. The molecule has 5 N–H and O–H groups in total. The van der Waals surface area contributed by atoms with Crippen molar-refractivity contribution in [1.82, 2.24) is 25.9 Å². The summed E-state index contributed by atoms with van der Waals surface area (Å²) in [7, 11) is -5.73. The minimum atomic E-state index is -1.99. The van der Waals surface area contributed by atoms with Crippen LogP contribution in [-0.4, -0.2) is 97.6 Å². The summed E-state index contributed by atoms with van der Waals surface area (Å²) < 4.78 is 25.8. The lowest BCUT2D eigenvalue weighted by molar-refractivity contribution is -0.145. The number of nitrogens with one attached hydrogen (secondary N) is 5. The fraction of sp³-hybridized carbons (Fsp3) is 0.786. The topological polar surface area (TPSA) is 165 Å². The molecule has 0 spiro atoms. The zero-order valence-electron chi connectivity index (χ0n) is 28.3. The maximum atomic E-state index is 12.9. The van der Waals surface area contributed by atoms with E-state index in [9.17, 15) is 14.4 Å². The fourth-order valence-electron chi connectivity index (χ4n) is 4.58. The second kappa shape index (κ2) is 17.0. The normalized spacial score (nSPS) is 21.0. The number of aromatic nitrogens is 2. The molecule has 0 saturated carbocycles. The summed E-state index contributed by atoms with van der Waals surface area (Å²) in [4.78, 5) is 43.0. The van der Waals surface area contributed by atoms with Gasteiger partial charge in [-0.25, -0.2) is 14.6 Å². The van der Waals surface area contributed by atoms with Crippen molar-refractivity contribution in [1.29, 1.82) is 0 Å². The van der Waals surface area contributed by atoms with Gasteiger partial charge in [-0.2, -0.15) is 0 Å². The van der Waals surface area contributed by atoms with Crippen LogP contribution in [0.3, 0.4) is 0 Å². The van der Waals surface area contributed by atoms with E-state index >= 15 is 0 Å². The fourth-order valence-corrected chi connectivity index (χ4v) is 7.46. The first-order valence-corrected chi connectivity index (χ1v) is 25.8. The summed E-state index contributed by atoms with van der Waals surface area (Å²) in [5.74, 6) is 0.116. The van der Waals surface area contributed by atoms with E-state index in [1.54, 1.807) is 6.92 Å². The predicted octanol–water partition coefficient (Wildman–Crippen LogP) is 4.12. The molecule has 1 aromatic heterocycles. The van der Waals surface area contributed by atoms with E-state index in [1.165, 1.54) is 6.07 Å². The number of aryl methyl sites for hydroxylation is 1. The molecule has 1 aromatic rings. The van der Waals surface area contributed by atoms with Gasteiger partial charge in [0.2, 0.25) is 5.95 Å². The lowest BCUT2D eigenvalue weighted by atomic mass is 9.98. The molecule has 1 aliphatic rings. The van der Waals surface area contributed by atoms with Crippen LogP contribution in [0.2, 0.25) is 58.9 Å². The molecule has 2 rings (SSSR count). The monoisotopic (exact) mass is 672 g/mol. The van der Waals surface area contributed by atoms with Gasteiger partial charge in [0.05, 0.1) is 25.4 Å². The Morgan fingerprint density at radius 1 is 0.886 bits per heavy atom. The molecule has 44 heavy (non-hydrogen) atoms. The summed E-state index contributed by atoms with van der Waals surface area (Å²) in [6.07, 6.45) is 2.44. The van der Waals surface area contributed by atoms with E-state index in [0.717, 1.165) is 25.7 Å². The Hall–Kier alpha value is -2.09. The van der Waals surface area contributed by atoms with Gasteiger partial charge in [0.25, 0.3) is 5.56 Å². The number of urea groups is 2. The molecular formula is C28H56N6O7Si3. The van der Waals surface area contributed by atoms with Crippen molar-refractivity contribution in [2.45, 2.75) is 116 Å². The molecule has 0 aliphatic carbocycles. The number of hydrogen-bond acceptors (Lipinski definition) is 8. The number of hydrogen-bond donors (Lipinski definition) is 5. The van der Waals surface area contributed by atoms with Crippen LogP contribution in [0, 0.1) is 6.92 Å². The van der Waals surface area contributed by atoms with Gasteiger partial charge in [-0.1, -0.05) is 12.8 Å². The van der Waals surface area contributed by atoms with Gasteiger partial charge >= 0.3 is 12.1 Å². The first-order chi connectivity index (χ1) is 20.3. The minimum absolute atomic E-state index is 0.116. The molecule has 0 unspecified atom stereocenters. The number of anilines is 1. The van der Waals surface area contributed by atoms with E-state index in [0.29, 0.717) is 32.0 Å². The standard InChI is InChI=1S/C28H56N6O7Si3/c1-20-17-23(35)33-26(31-20)34-28(37)30-16-14-12-11-13-15-29-27(36)32-21-18-38-22(19-39-42(2,3)4)25(41-44(8,9)10)24(21)40-43(5,6)7/h17,21-22,24-25H,11-16,18-19H2,1-10H3,(H2,29,32,36)(H3,30,31,33,34,35,37)/t21-,22+,24+,25+/m0/s1. The third-order valence-electron chi connectivity index (χ3n) is 6.33.